The lowest BCUT2D eigenvalue weighted by molar-refractivity contribution is -0.389. The van der Waals surface area contributed by atoms with Crippen LogP contribution in [0.2, 0.25) is 0 Å². The maximum atomic E-state index is 11.8. The molecule has 1 N–H and O–H groups in total. The van der Waals surface area contributed by atoms with Gasteiger partial charge in [0.05, 0.1) is 23.1 Å². The Hall–Kier alpha value is -2.55. The molecule has 1 amide bonds. The summed E-state index contributed by atoms with van der Waals surface area (Å²) < 4.78 is 2.10. The molecule has 0 aliphatic rings. The van der Waals surface area contributed by atoms with Crippen molar-refractivity contribution in [2.45, 2.75) is 13.5 Å². The van der Waals surface area contributed by atoms with Crippen molar-refractivity contribution in [3.63, 3.8) is 0 Å². The van der Waals surface area contributed by atoms with Crippen molar-refractivity contribution in [3.05, 3.63) is 56.2 Å². The summed E-state index contributed by atoms with van der Waals surface area (Å²) in [4.78, 5) is 21.8. The van der Waals surface area contributed by atoms with E-state index < -0.39 is 10.8 Å². The first-order valence-corrected chi connectivity index (χ1v) is 7.02. The van der Waals surface area contributed by atoms with Crippen LogP contribution in [0.15, 0.2) is 39.9 Å². The fourth-order valence-corrected chi connectivity index (χ4v) is 2.05. The summed E-state index contributed by atoms with van der Waals surface area (Å²) in [6.45, 7) is 1.49. The Balaban J connectivity index is 1.96. The number of amides is 1. The van der Waals surface area contributed by atoms with Crippen LogP contribution < -0.4 is 5.43 Å². The van der Waals surface area contributed by atoms with E-state index in [0.717, 1.165) is 10.0 Å². The standard InChI is InChI=1S/C13H12BrN5O3/c1-9-6-12(19(21)22)17-18(9)8-13(20)16-15-7-10-4-2-3-5-11(10)14/h2-7H,8H2,1H3,(H,16,20)/b15-7-. The molecule has 22 heavy (non-hydrogen) atoms. The Morgan fingerprint density at radius 2 is 2.27 bits per heavy atom. The van der Waals surface area contributed by atoms with Gasteiger partial charge in [-0.15, -0.1) is 0 Å². The van der Waals surface area contributed by atoms with Gasteiger partial charge in [0.15, 0.2) is 0 Å². The second-order valence-electron chi connectivity index (χ2n) is 4.37. The normalized spacial score (nSPS) is 10.8. The molecular weight excluding hydrogens is 354 g/mol. The molecule has 0 saturated heterocycles. The van der Waals surface area contributed by atoms with E-state index in [-0.39, 0.29) is 12.4 Å². The average Bonchev–Trinajstić information content (AvgIpc) is 2.82. The number of carbonyl (C=O) groups excluding carboxylic acids is 1. The van der Waals surface area contributed by atoms with Crippen LogP contribution in [-0.4, -0.2) is 26.8 Å². The fraction of sp³-hybridized carbons (Fsp3) is 0.154. The molecule has 1 heterocycles. The van der Waals surface area contributed by atoms with Crippen LogP contribution in [0.3, 0.4) is 0 Å². The van der Waals surface area contributed by atoms with E-state index in [4.69, 9.17) is 0 Å². The molecule has 9 heteroatoms. The van der Waals surface area contributed by atoms with E-state index >= 15 is 0 Å². The first kappa shape index (κ1) is 15.8. The molecule has 0 saturated carbocycles. The van der Waals surface area contributed by atoms with Crippen molar-refractivity contribution in [3.8, 4) is 0 Å². The maximum absolute atomic E-state index is 11.8. The highest BCUT2D eigenvalue weighted by molar-refractivity contribution is 9.10. The first-order valence-electron chi connectivity index (χ1n) is 6.22. The lowest BCUT2D eigenvalue weighted by Crippen LogP contribution is -2.24. The topological polar surface area (TPSA) is 102 Å². The number of hydrazone groups is 1. The van der Waals surface area contributed by atoms with Crippen LogP contribution in [0.1, 0.15) is 11.3 Å². The highest BCUT2D eigenvalue weighted by atomic mass is 79.9. The lowest BCUT2D eigenvalue weighted by Gasteiger charge is -2.00. The van der Waals surface area contributed by atoms with Gasteiger partial charge in [0, 0.05) is 10.0 Å². The molecule has 2 rings (SSSR count). The minimum Gasteiger partial charge on any atom is -0.358 e. The van der Waals surface area contributed by atoms with Gasteiger partial charge in [0.25, 0.3) is 5.91 Å². The number of rotatable bonds is 5. The van der Waals surface area contributed by atoms with Crippen molar-refractivity contribution in [2.24, 2.45) is 5.10 Å². The van der Waals surface area contributed by atoms with Gasteiger partial charge >= 0.3 is 5.82 Å². The number of benzene rings is 1. The number of halogens is 1. The van der Waals surface area contributed by atoms with Crippen LogP contribution in [-0.2, 0) is 11.3 Å². The summed E-state index contributed by atoms with van der Waals surface area (Å²) in [5, 5.41) is 18.2. The van der Waals surface area contributed by atoms with E-state index in [1.54, 1.807) is 6.92 Å². The number of nitrogens with zero attached hydrogens (tertiary/aromatic N) is 4. The van der Waals surface area contributed by atoms with Gasteiger partial charge in [-0.25, -0.2) is 5.43 Å². The summed E-state index contributed by atoms with van der Waals surface area (Å²) in [6.07, 6.45) is 1.50. The lowest BCUT2D eigenvalue weighted by atomic mass is 10.2. The van der Waals surface area contributed by atoms with Gasteiger partial charge in [0.1, 0.15) is 6.54 Å². The van der Waals surface area contributed by atoms with E-state index in [1.807, 2.05) is 24.3 Å². The molecule has 8 nitrogen and oxygen atoms in total. The van der Waals surface area contributed by atoms with Crippen LogP contribution in [0.4, 0.5) is 5.82 Å². The van der Waals surface area contributed by atoms with Crippen molar-refractivity contribution >= 4 is 33.9 Å². The van der Waals surface area contributed by atoms with Crippen LogP contribution in [0.5, 0.6) is 0 Å². The van der Waals surface area contributed by atoms with Crippen LogP contribution in [0, 0.1) is 17.0 Å². The first-order chi connectivity index (χ1) is 10.5. The fourth-order valence-electron chi connectivity index (χ4n) is 1.67. The molecule has 0 fully saturated rings. The minimum atomic E-state index is -0.605. The molecule has 1 aromatic heterocycles. The second-order valence-corrected chi connectivity index (χ2v) is 5.23. The molecule has 1 aromatic carbocycles. The highest BCUT2D eigenvalue weighted by Gasteiger charge is 2.17. The predicted molar refractivity (Wildman–Crippen MR) is 83.5 cm³/mol. The molecular formula is C13H12BrN5O3. The number of aromatic nitrogens is 2. The average molecular weight is 366 g/mol. The van der Waals surface area contributed by atoms with Crippen molar-refractivity contribution in [1.82, 2.24) is 15.2 Å². The number of hydrogen-bond donors (Lipinski definition) is 1. The zero-order valence-corrected chi connectivity index (χ0v) is 13.1. The zero-order valence-electron chi connectivity index (χ0n) is 11.6. The van der Waals surface area contributed by atoms with E-state index in [9.17, 15) is 14.9 Å². The van der Waals surface area contributed by atoms with Gasteiger partial charge in [-0.1, -0.05) is 34.1 Å². The molecule has 0 atom stereocenters. The summed E-state index contributed by atoms with van der Waals surface area (Å²) in [5.41, 5.74) is 3.69. The molecule has 0 bridgehead atoms. The summed E-state index contributed by atoms with van der Waals surface area (Å²) >= 11 is 3.36. The SMILES string of the molecule is Cc1cc([N+](=O)[O-])nn1CC(=O)N/N=C\c1ccccc1Br. The third-order valence-electron chi connectivity index (χ3n) is 2.75. The van der Waals surface area contributed by atoms with Gasteiger partial charge < -0.3 is 10.1 Å². The Labute approximate surface area is 134 Å². The Bertz CT molecular complexity index is 741. The minimum absolute atomic E-state index is 0.146. The van der Waals surface area contributed by atoms with Gasteiger partial charge in [-0.3, -0.25) is 4.79 Å². The van der Waals surface area contributed by atoms with Crippen molar-refractivity contribution < 1.29 is 9.72 Å². The largest absolute Gasteiger partial charge is 0.390 e. The van der Waals surface area contributed by atoms with Gasteiger partial charge in [0.2, 0.25) is 0 Å². The second kappa shape index (κ2) is 6.94. The highest BCUT2D eigenvalue weighted by Crippen LogP contribution is 2.13. The molecule has 2 aromatic rings. The number of carbonyl (C=O) groups is 1. The zero-order chi connectivity index (χ0) is 16.1. The monoisotopic (exact) mass is 365 g/mol. The molecule has 0 spiro atoms. The summed E-state index contributed by atoms with van der Waals surface area (Å²) in [7, 11) is 0. The van der Waals surface area contributed by atoms with Crippen LogP contribution in [0.25, 0.3) is 0 Å². The molecule has 0 radical (unpaired) electrons. The number of nitrogens with one attached hydrogen (secondary N) is 1. The molecule has 114 valence electrons. The van der Waals surface area contributed by atoms with Gasteiger partial charge in [-0.05, 0) is 17.9 Å². The Morgan fingerprint density at radius 1 is 1.55 bits per heavy atom. The smallest absolute Gasteiger partial charge is 0.358 e. The third kappa shape index (κ3) is 3.98. The molecule has 0 aliphatic heterocycles. The number of nitro groups is 1. The molecule has 0 aliphatic carbocycles. The van der Waals surface area contributed by atoms with Crippen molar-refractivity contribution in [1.29, 1.82) is 0 Å². The maximum Gasteiger partial charge on any atom is 0.390 e. The van der Waals surface area contributed by atoms with Crippen LogP contribution >= 0.6 is 15.9 Å². The van der Waals surface area contributed by atoms with E-state index in [1.165, 1.54) is 17.0 Å². The predicted octanol–water partition coefficient (Wildman–Crippen LogP) is 2.01. The number of aryl methyl sites for hydroxylation is 1. The third-order valence-corrected chi connectivity index (χ3v) is 3.47. The van der Waals surface area contributed by atoms with Crippen molar-refractivity contribution in [2.75, 3.05) is 0 Å². The van der Waals surface area contributed by atoms with E-state index in [2.05, 4.69) is 31.6 Å². The quantitative estimate of drug-likeness (QED) is 0.497. The summed E-state index contributed by atoms with van der Waals surface area (Å²) in [6, 6.07) is 8.71. The Kier molecular flexibility index (Phi) is 4.99. The molecule has 0 unspecified atom stereocenters. The van der Waals surface area contributed by atoms with Gasteiger partial charge in [-0.2, -0.15) is 9.78 Å². The summed E-state index contributed by atoms with van der Waals surface area (Å²) in [5.74, 6) is -0.716. The Morgan fingerprint density at radius 3 is 2.91 bits per heavy atom. The number of hydrogen-bond acceptors (Lipinski definition) is 5. The van der Waals surface area contributed by atoms with E-state index in [0.29, 0.717) is 5.69 Å².